The van der Waals surface area contributed by atoms with Crippen LogP contribution in [-0.4, -0.2) is 21.0 Å². The molecule has 1 saturated carbocycles. The Hall–Kier alpha value is -0.830. The van der Waals surface area contributed by atoms with Crippen molar-refractivity contribution in [3.63, 3.8) is 0 Å². The van der Waals surface area contributed by atoms with Crippen molar-refractivity contribution >= 4 is 0 Å². The van der Waals surface area contributed by atoms with Crippen LogP contribution in [0, 0.1) is 11.8 Å². The minimum absolute atomic E-state index is 0.200. The van der Waals surface area contributed by atoms with Crippen LogP contribution in [0.3, 0.4) is 0 Å². The van der Waals surface area contributed by atoms with E-state index < -0.39 is 0 Å². The van der Waals surface area contributed by atoms with Crippen molar-refractivity contribution in [3.05, 3.63) is 17.5 Å². The zero-order valence-electron chi connectivity index (χ0n) is 12.6. The molecule has 1 aliphatic rings. The molecule has 3 unspecified atom stereocenters. The molecule has 0 aromatic carbocycles. The fraction of sp³-hybridized carbons (Fsp3) is 0.812. The predicted octanol–water partition coefficient (Wildman–Crippen LogP) is 3.20. The highest BCUT2D eigenvalue weighted by Crippen LogP contribution is 2.31. The van der Waals surface area contributed by atoms with Crippen LogP contribution in [0.4, 0.5) is 0 Å². The summed E-state index contributed by atoms with van der Waals surface area (Å²) in [6, 6.07) is 2.17. The van der Waals surface area contributed by atoms with Crippen molar-refractivity contribution in [2.24, 2.45) is 11.8 Å². The van der Waals surface area contributed by atoms with E-state index in [4.69, 9.17) is 0 Å². The molecule has 19 heavy (non-hydrogen) atoms. The third kappa shape index (κ3) is 3.59. The van der Waals surface area contributed by atoms with Crippen LogP contribution in [0.2, 0.25) is 0 Å². The summed E-state index contributed by atoms with van der Waals surface area (Å²) < 4.78 is 2.05. The lowest BCUT2D eigenvalue weighted by Crippen LogP contribution is -2.28. The lowest BCUT2D eigenvalue weighted by Gasteiger charge is -2.30. The van der Waals surface area contributed by atoms with E-state index in [1.807, 2.05) is 4.68 Å². The van der Waals surface area contributed by atoms with Crippen LogP contribution in [-0.2, 0) is 19.4 Å². The first-order chi connectivity index (χ1) is 9.13. The molecule has 0 spiro atoms. The number of aryl methyl sites for hydroxylation is 2. The quantitative estimate of drug-likeness (QED) is 0.887. The van der Waals surface area contributed by atoms with Crippen LogP contribution >= 0.6 is 0 Å². The molecule has 3 nitrogen and oxygen atoms in total. The Labute approximate surface area is 117 Å². The molecule has 0 radical (unpaired) electrons. The molecule has 3 atom stereocenters. The number of nitrogens with zero attached hydrogens (tertiary/aromatic N) is 2. The summed E-state index contributed by atoms with van der Waals surface area (Å²) in [5, 5.41) is 15.1. The standard InChI is InChI=1S/C16H28N2O/c1-4-14-10-15(18(5-2)17-14)11-16(19)13-8-6-7-12(3)9-13/h10,12-13,16,19H,4-9,11H2,1-3H3. The zero-order chi connectivity index (χ0) is 13.8. The van der Waals surface area contributed by atoms with Crippen LogP contribution in [0.25, 0.3) is 0 Å². The Morgan fingerprint density at radius 1 is 1.42 bits per heavy atom. The third-order valence-electron chi connectivity index (χ3n) is 4.52. The van der Waals surface area contributed by atoms with Gasteiger partial charge in [0.2, 0.25) is 0 Å². The van der Waals surface area contributed by atoms with Gasteiger partial charge in [-0.25, -0.2) is 0 Å². The van der Waals surface area contributed by atoms with Gasteiger partial charge in [-0.3, -0.25) is 4.68 Å². The van der Waals surface area contributed by atoms with Gasteiger partial charge in [0.25, 0.3) is 0 Å². The molecule has 0 bridgehead atoms. The van der Waals surface area contributed by atoms with Gasteiger partial charge in [-0.2, -0.15) is 5.10 Å². The second-order valence-corrected chi connectivity index (χ2v) is 6.10. The molecule has 1 aromatic rings. The van der Waals surface area contributed by atoms with Gasteiger partial charge >= 0.3 is 0 Å². The minimum Gasteiger partial charge on any atom is -0.392 e. The fourth-order valence-electron chi connectivity index (χ4n) is 3.34. The second kappa shape index (κ2) is 6.56. The van der Waals surface area contributed by atoms with E-state index in [1.54, 1.807) is 0 Å². The van der Waals surface area contributed by atoms with Gasteiger partial charge in [0.1, 0.15) is 0 Å². The molecular formula is C16H28N2O. The summed E-state index contributed by atoms with van der Waals surface area (Å²) in [6.07, 6.45) is 6.50. The zero-order valence-corrected chi connectivity index (χ0v) is 12.6. The normalized spacial score (nSPS) is 25.5. The Bertz CT molecular complexity index is 399. The number of hydrogen-bond acceptors (Lipinski definition) is 2. The van der Waals surface area contributed by atoms with Crippen molar-refractivity contribution < 1.29 is 5.11 Å². The summed E-state index contributed by atoms with van der Waals surface area (Å²) in [6.45, 7) is 7.45. The van der Waals surface area contributed by atoms with E-state index in [-0.39, 0.29) is 6.10 Å². The van der Waals surface area contributed by atoms with Gasteiger partial charge in [-0.1, -0.05) is 26.7 Å². The molecule has 0 saturated heterocycles. The van der Waals surface area contributed by atoms with Crippen molar-refractivity contribution in [1.29, 1.82) is 0 Å². The van der Waals surface area contributed by atoms with E-state index in [1.165, 1.54) is 31.4 Å². The predicted molar refractivity (Wildman–Crippen MR) is 78.1 cm³/mol. The lowest BCUT2D eigenvalue weighted by molar-refractivity contribution is 0.0704. The lowest BCUT2D eigenvalue weighted by atomic mass is 9.78. The molecule has 108 valence electrons. The molecule has 2 rings (SSSR count). The van der Waals surface area contributed by atoms with E-state index in [0.717, 1.165) is 31.0 Å². The molecule has 1 N–H and O–H groups in total. The summed E-state index contributed by atoms with van der Waals surface area (Å²) in [4.78, 5) is 0. The monoisotopic (exact) mass is 264 g/mol. The number of aliphatic hydroxyl groups is 1. The molecule has 1 aromatic heterocycles. The van der Waals surface area contributed by atoms with Gasteiger partial charge in [-0.05, 0) is 44.1 Å². The van der Waals surface area contributed by atoms with E-state index >= 15 is 0 Å². The number of aromatic nitrogens is 2. The van der Waals surface area contributed by atoms with Gasteiger partial charge in [0, 0.05) is 18.7 Å². The summed E-state index contributed by atoms with van der Waals surface area (Å²) >= 11 is 0. The van der Waals surface area contributed by atoms with Crippen LogP contribution < -0.4 is 0 Å². The smallest absolute Gasteiger partial charge is 0.0624 e. The second-order valence-electron chi connectivity index (χ2n) is 6.10. The topological polar surface area (TPSA) is 38.0 Å². The molecule has 0 aliphatic heterocycles. The minimum atomic E-state index is -0.200. The van der Waals surface area contributed by atoms with Gasteiger partial charge in [0.05, 0.1) is 11.8 Å². The SMILES string of the molecule is CCc1cc(CC(O)C2CCCC(C)C2)n(CC)n1. The van der Waals surface area contributed by atoms with Gasteiger partial charge in [-0.15, -0.1) is 0 Å². The summed E-state index contributed by atoms with van der Waals surface area (Å²) in [7, 11) is 0. The maximum Gasteiger partial charge on any atom is 0.0624 e. The number of aliphatic hydroxyl groups excluding tert-OH is 1. The van der Waals surface area contributed by atoms with Crippen LogP contribution in [0.1, 0.15) is 57.8 Å². The van der Waals surface area contributed by atoms with Crippen LogP contribution in [0.15, 0.2) is 6.07 Å². The summed E-state index contributed by atoms with van der Waals surface area (Å²) in [5.74, 6) is 1.25. The molecular weight excluding hydrogens is 236 g/mol. The average Bonchev–Trinajstić information content (AvgIpc) is 2.81. The highest BCUT2D eigenvalue weighted by molar-refractivity contribution is 5.11. The molecule has 1 heterocycles. The van der Waals surface area contributed by atoms with Crippen molar-refractivity contribution in [1.82, 2.24) is 9.78 Å². The Balaban J connectivity index is 2.01. The first kappa shape index (κ1) is 14.6. The van der Waals surface area contributed by atoms with E-state index in [9.17, 15) is 5.11 Å². The number of hydrogen-bond donors (Lipinski definition) is 1. The highest BCUT2D eigenvalue weighted by Gasteiger charge is 2.26. The van der Waals surface area contributed by atoms with Crippen molar-refractivity contribution in [2.45, 2.75) is 71.9 Å². The first-order valence-electron chi connectivity index (χ1n) is 7.87. The van der Waals surface area contributed by atoms with Crippen molar-refractivity contribution in [3.8, 4) is 0 Å². The fourth-order valence-corrected chi connectivity index (χ4v) is 3.34. The van der Waals surface area contributed by atoms with Gasteiger partial charge in [0.15, 0.2) is 0 Å². The van der Waals surface area contributed by atoms with Crippen LogP contribution in [0.5, 0.6) is 0 Å². The Kier molecular flexibility index (Phi) is 5.03. The first-order valence-corrected chi connectivity index (χ1v) is 7.87. The average molecular weight is 264 g/mol. The molecule has 1 fully saturated rings. The van der Waals surface area contributed by atoms with E-state index in [2.05, 4.69) is 31.9 Å². The highest BCUT2D eigenvalue weighted by atomic mass is 16.3. The Morgan fingerprint density at radius 2 is 2.21 bits per heavy atom. The van der Waals surface area contributed by atoms with E-state index in [0.29, 0.717) is 5.92 Å². The molecule has 1 aliphatic carbocycles. The maximum atomic E-state index is 10.5. The largest absolute Gasteiger partial charge is 0.392 e. The molecule has 0 amide bonds. The third-order valence-corrected chi connectivity index (χ3v) is 4.52. The molecule has 3 heteroatoms. The Morgan fingerprint density at radius 3 is 2.84 bits per heavy atom. The summed E-state index contributed by atoms with van der Waals surface area (Å²) in [5.41, 5.74) is 2.34. The number of rotatable bonds is 5. The maximum absolute atomic E-state index is 10.5. The van der Waals surface area contributed by atoms with Crippen molar-refractivity contribution in [2.75, 3.05) is 0 Å². The van der Waals surface area contributed by atoms with Gasteiger partial charge < -0.3 is 5.11 Å².